The number of hydrogen-bond acceptors (Lipinski definition) is 2. The minimum Gasteiger partial charge on any atom is -0.355 e. The standard InChI is InChI=1S/C14H20N2O/c1-16(2)9-8-15-14(17)13-10-12(13)11-6-4-3-5-7-11/h3-7,12-13H,8-10H2,1-2H3,(H,15,17). The molecule has 2 rings (SSSR count). The zero-order valence-corrected chi connectivity index (χ0v) is 10.5. The molecule has 0 bridgehead atoms. The number of nitrogens with zero attached hydrogens (tertiary/aromatic N) is 1. The fourth-order valence-electron chi connectivity index (χ4n) is 2.09. The Morgan fingerprint density at radius 2 is 2.06 bits per heavy atom. The van der Waals surface area contributed by atoms with Crippen molar-refractivity contribution in [1.29, 1.82) is 0 Å². The molecule has 1 saturated carbocycles. The molecule has 1 aliphatic carbocycles. The van der Waals surface area contributed by atoms with Crippen molar-refractivity contribution >= 4 is 5.91 Å². The Labute approximate surface area is 103 Å². The molecule has 92 valence electrons. The summed E-state index contributed by atoms with van der Waals surface area (Å²) in [6, 6.07) is 10.3. The van der Waals surface area contributed by atoms with Gasteiger partial charge in [0.25, 0.3) is 0 Å². The summed E-state index contributed by atoms with van der Waals surface area (Å²) in [5.74, 6) is 0.843. The third-order valence-electron chi connectivity index (χ3n) is 3.21. The number of hydrogen-bond donors (Lipinski definition) is 1. The van der Waals surface area contributed by atoms with Gasteiger partial charge in [0.2, 0.25) is 5.91 Å². The van der Waals surface area contributed by atoms with E-state index in [1.54, 1.807) is 0 Å². The highest BCUT2D eigenvalue weighted by Gasteiger charge is 2.43. The predicted octanol–water partition coefficient (Wildman–Crippen LogP) is 1.47. The molecule has 17 heavy (non-hydrogen) atoms. The molecule has 1 aliphatic rings. The summed E-state index contributed by atoms with van der Waals surface area (Å²) >= 11 is 0. The van der Waals surface area contributed by atoms with Crippen LogP contribution in [0.4, 0.5) is 0 Å². The fraction of sp³-hybridized carbons (Fsp3) is 0.500. The Kier molecular flexibility index (Phi) is 3.79. The van der Waals surface area contributed by atoms with Crippen molar-refractivity contribution in [3.63, 3.8) is 0 Å². The normalized spacial score (nSPS) is 22.5. The van der Waals surface area contributed by atoms with Crippen LogP contribution in [0.3, 0.4) is 0 Å². The number of carbonyl (C=O) groups excluding carboxylic acids is 1. The van der Waals surface area contributed by atoms with Crippen LogP contribution in [0.1, 0.15) is 17.9 Å². The largest absolute Gasteiger partial charge is 0.355 e. The van der Waals surface area contributed by atoms with Gasteiger partial charge in [-0.25, -0.2) is 0 Å². The van der Waals surface area contributed by atoms with Gasteiger partial charge in [0.1, 0.15) is 0 Å². The minimum atomic E-state index is 0.194. The number of carbonyl (C=O) groups is 1. The summed E-state index contributed by atoms with van der Waals surface area (Å²) in [5, 5.41) is 3.00. The summed E-state index contributed by atoms with van der Waals surface area (Å²) in [4.78, 5) is 13.9. The molecular weight excluding hydrogens is 212 g/mol. The molecule has 0 aliphatic heterocycles. The van der Waals surface area contributed by atoms with Gasteiger partial charge in [-0.05, 0) is 32.0 Å². The Morgan fingerprint density at radius 1 is 1.35 bits per heavy atom. The number of nitrogens with one attached hydrogen (secondary N) is 1. The van der Waals surface area contributed by atoms with Gasteiger partial charge in [-0.2, -0.15) is 0 Å². The monoisotopic (exact) mass is 232 g/mol. The van der Waals surface area contributed by atoms with Gasteiger partial charge >= 0.3 is 0 Å². The van der Waals surface area contributed by atoms with Crippen LogP contribution in [-0.4, -0.2) is 38.0 Å². The van der Waals surface area contributed by atoms with Crippen molar-refractivity contribution in [1.82, 2.24) is 10.2 Å². The van der Waals surface area contributed by atoms with Gasteiger partial charge in [-0.1, -0.05) is 30.3 Å². The SMILES string of the molecule is CN(C)CCNC(=O)C1CC1c1ccccc1. The summed E-state index contributed by atoms with van der Waals surface area (Å²) in [7, 11) is 4.02. The molecule has 1 N–H and O–H groups in total. The lowest BCUT2D eigenvalue weighted by Gasteiger charge is -2.10. The molecule has 0 radical (unpaired) electrons. The zero-order valence-electron chi connectivity index (χ0n) is 10.5. The Hall–Kier alpha value is -1.35. The van der Waals surface area contributed by atoms with Crippen molar-refractivity contribution in [3.8, 4) is 0 Å². The quantitative estimate of drug-likeness (QED) is 0.833. The second-order valence-corrected chi connectivity index (χ2v) is 4.95. The van der Waals surface area contributed by atoms with Crippen LogP contribution in [0.2, 0.25) is 0 Å². The van der Waals surface area contributed by atoms with Crippen LogP contribution in [-0.2, 0) is 4.79 Å². The number of benzene rings is 1. The Morgan fingerprint density at radius 3 is 2.71 bits per heavy atom. The maximum atomic E-state index is 11.8. The van der Waals surface area contributed by atoms with Crippen LogP contribution >= 0.6 is 0 Å². The number of amides is 1. The summed E-state index contributed by atoms with van der Waals surface area (Å²) < 4.78 is 0. The van der Waals surface area contributed by atoms with Gasteiger partial charge in [0.15, 0.2) is 0 Å². The lowest BCUT2D eigenvalue weighted by Crippen LogP contribution is -2.32. The van der Waals surface area contributed by atoms with E-state index in [9.17, 15) is 4.79 Å². The van der Waals surface area contributed by atoms with Crippen molar-refractivity contribution in [2.45, 2.75) is 12.3 Å². The Balaban J connectivity index is 1.77. The summed E-state index contributed by atoms with van der Waals surface area (Å²) in [6.07, 6.45) is 0.998. The van der Waals surface area contributed by atoms with E-state index >= 15 is 0 Å². The molecule has 0 spiro atoms. The van der Waals surface area contributed by atoms with Gasteiger partial charge < -0.3 is 10.2 Å². The zero-order chi connectivity index (χ0) is 12.3. The van der Waals surface area contributed by atoms with E-state index in [2.05, 4.69) is 22.3 Å². The molecule has 1 amide bonds. The smallest absolute Gasteiger partial charge is 0.223 e. The van der Waals surface area contributed by atoms with E-state index in [1.807, 2.05) is 32.3 Å². The molecule has 2 atom stereocenters. The Bertz CT molecular complexity index is 375. The first kappa shape index (κ1) is 12.1. The van der Waals surface area contributed by atoms with Crippen molar-refractivity contribution < 1.29 is 4.79 Å². The van der Waals surface area contributed by atoms with Crippen LogP contribution in [0.5, 0.6) is 0 Å². The third-order valence-corrected chi connectivity index (χ3v) is 3.21. The molecule has 3 nitrogen and oxygen atoms in total. The van der Waals surface area contributed by atoms with E-state index in [1.165, 1.54) is 5.56 Å². The molecule has 1 fully saturated rings. The first-order valence-electron chi connectivity index (χ1n) is 6.16. The minimum absolute atomic E-state index is 0.194. The van der Waals surface area contributed by atoms with Crippen molar-refractivity contribution in [2.75, 3.05) is 27.2 Å². The lowest BCUT2D eigenvalue weighted by atomic mass is 10.1. The predicted molar refractivity (Wildman–Crippen MR) is 68.9 cm³/mol. The molecule has 2 unspecified atom stereocenters. The van der Waals surface area contributed by atoms with E-state index in [0.29, 0.717) is 5.92 Å². The maximum Gasteiger partial charge on any atom is 0.223 e. The van der Waals surface area contributed by atoms with Gasteiger partial charge in [-0.15, -0.1) is 0 Å². The van der Waals surface area contributed by atoms with Crippen LogP contribution in [0, 0.1) is 5.92 Å². The second kappa shape index (κ2) is 5.32. The van der Waals surface area contributed by atoms with Crippen LogP contribution in [0.25, 0.3) is 0 Å². The molecule has 3 heteroatoms. The fourth-order valence-corrected chi connectivity index (χ4v) is 2.09. The first-order chi connectivity index (χ1) is 8.18. The number of rotatable bonds is 5. The highest BCUT2D eigenvalue weighted by atomic mass is 16.2. The molecule has 0 heterocycles. The molecule has 0 saturated heterocycles. The average Bonchev–Trinajstić information content (AvgIpc) is 3.09. The highest BCUT2D eigenvalue weighted by Crippen LogP contribution is 2.47. The van der Waals surface area contributed by atoms with Crippen LogP contribution < -0.4 is 5.32 Å². The van der Waals surface area contributed by atoms with Gasteiger partial charge in [0.05, 0.1) is 0 Å². The average molecular weight is 232 g/mol. The molecule has 0 aromatic heterocycles. The molecular formula is C14H20N2O. The summed E-state index contributed by atoms with van der Waals surface area (Å²) in [6.45, 7) is 1.64. The molecule has 1 aromatic rings. The molecule has 1 aromatic carbocycles. The van der Waals surface area contributed by atoms with Crippen molar-refractivity contribution in [3.05, 3.63) is 35.9 Å². The maximum absolute atomic E-state index is 11.8. The second-order valence-electron chi connectivity index (χ2n) is 4.95. The van der Waals surface area contributed by atoms with E-state index < -0.39 is 0 Å². The van der Waals surface area contributed by atoms with E-state index in [4.69, 9.17) is 0 Å². The van der Waals surface area contributed by atoms with Gasteiger partial charge in [0, 0.05) is 19.0 Å². The summed E-state index contributed by atoms with van der Waals surface area (Å²) in [5.41, 5.74) is 1.29. The highest BCUT2D eigenvalue weighted by molar-refractivity contribution is 5.82. The lowest BCUT2D eigenvalue weighted by molar-refractivity contribution is -0.122. The number of likely N-dealkylation sites (N-methyl/N-ethyl adjacent to an activating group) is 1. The third kappa shape index (κ3) is 3.30. The van der Waals surface area contributed by atoms with E-state index in [-0.39, 0.29) is 11.8 Å². The first-order valence-corrected chi connectivity index (χ1v) is 6.16. The van der Waals surface area contributed by atoms with Gasteiger partial charge in [-0.3, -0.25) is 4.79 Å². The van der Waals surface area contributed by atoms with Crippen LogP contribution in [0.15, 0.2) is 30.3 Å². The van der Waals surface area contributed by atoms with E-state index in [0.717, 1.165) is 19.5 Å². The topological polar surface area (TPSA) is 32.3 Å². The van der Waals surface area contributed by atoms with Crippen molar-refractivity contribution in [2.24, 2.45) is 5.92 Å².